The van der Waals surface area contributed by atoms with Crippen molar-refractivity contribution in [3.05, 3.63) is 59.2 Å². The molecule has 1 heterocycles. The summed E-state index contributed by atoms with van der Waals surface area (Å²) in [5.41, 5.74) is 2.89. The van der Waals surface area contributed by atoms with Gasteiger partial charge >= 0.3 is 0 Å². The van der Waals surface area contributed by atoms with Crippen molar-refractivity contribution >= 4 is 5.69 Å². The summed E-state index contributed by atoms with van der Waals surface area (Å²) in [7, 11) is 1.86. The molecule has 0 bridgehead atoms. The van der Waals surface area contributed by atoms with Crippen LogP contribution in [-0.2, 0) is 6.54 Å². The van der Waals surface area contributed by atoms with E-state index in [0.29, 0.717) is 17.8 Å². The molecule has 1 aromatic heterocycles. The van der Waals surface area contributed by atoms with Gasteiger partial charge in [-0.1, -0.05) is 6.07 Å². The van der Waals surface area contributed by atoms with Crippen LogP contribution in [0.25, 0.3) is 0 Å². The van der Waals surface area contributed by atoms with Crippen LogP contribution in [0.1, 0.15) is 17.0 Å². The zero-order chi connectivity index (χ0) is 13.8. The van der Waals surface area contributed by atoms with Crippen LogP contribution in [0.15, 0.2) is 36.4 Å². The Kier molecular flexibility index (Phi) is 3.76. The van der Waals surface area contributed by atoms with Crippen molar-refractivity contribution < 1.29 is 4.39 Å². The summed E-state index contributed by atoms with van der Waals surface area (Å²) in [6.45, 7) is 2.50. The highest BCUT2D eigenvalue weighted by atomic mass is 19.1. The molecule has 3 nitrogen and oxygen atoms in total. The number of rotatable bonds is 3. The highest BCUT2D eigenvalue weighted by molar-refractivity contribution is 5.59. The largest absolute Gasteiger partial charge is 0.368 e. The third kappa shape index (κ3) is 3.08. The van der Waals surface area contributed by atoms with Gasteiger partial charge in [0.15, 0.2) is 0 Å². The van der Waals surface area contributed by atoms with Crippen molar-refractivity contribution in [2.45, 2.75) is 13.5 Å². The Hall–Kier alpha value is -2.41. The van der Waals surface area contributed by atoms with Crippen LogP contribution < -0.4 is 4.90 Å². The SMILES string of the molecule is Cc1cccc(CN(C)c2ccc(F)cc2C#N)n1. The van der Waals surface area contributed by atoms with E-state index >= 15 is 0 Å². The molecule has 0 aliphatic heterocycles. The topological polar surface area (TPSA) is 39.9 Å². The van der Waals surface area contributed by atoms with Gasteiger partial charge in [0.1, 0.15) is 11.9 Å². The molecule has 0 aliphatic rings. The quantitative estimate of drug-likeness (QED) is 0.846. The number of aryl methyl sites for hydroxylation is 1. The maximum Gasteiger partial charge on any atom is 0.124 e. The van der Waals surface area contributed by atoms with Crippen molar-refractivity contribution in [3.63, 3.8) is 0 Å². The van der Waals surface area contributed by atoms with Crippen LogP contribution in [0.4, 0.5) is 10.1 Å². The van der Waals surface area contributed by atoms with Gasteiger partial charge in [0, 0.05) is 12.7 Å². The van der Waals surface area contributed by atoms with E-state index < -0.39 is 5.82 Å². The van der Waals surface area contributed by atoms with E-state index in [0.717, 1.165) is 11.4 Å². The average Bonchev–Trinajstić information content (AvgIpc) is 2.38. The van der Waals surface area contributed by atoms with Gasteiger partial charge in [-0.15, -0.1) is 0 Å². The summed E-state index contributed by atoms with van der Waals surface area (Å²) in [5, 5.41) is 9.04. The van der Waals surface area contributed by atoms with Gasteiger partial charge in [-0.2, -0.15) is 5.26 Å². The van der Waals surface area contributed by atoms with E-state index in [1.807, 2.05) is 43.1 Å². The van der Waals surface area contributed by atoms with Crippen LogP contribution >= 0.6 is 0 Å². The molecular formula is C15H14FN3. The zero-order valence-electron chi connectivity index (χ0n) is 10.9. The van der Waals surface area contributed by atoms with E-state index in [2.05, 4.69) is 4.98 Å². The van der Waals surface area contributed by atoms with Gasteiger partial charge in [-0.25, -0.2) is 4.39 Å². The van der Waals surface area contributed by atoms with Gasteiger partial charge in [-0.3, -0.25) is 4.98 Å². The van der Waals surface area contributed by atoms with Gasteiger partial charge in [-0.05, 0) is 37.3 Å². The molecule has 19 heavy (non-hydrogen) atoms. The number of hydrogen-bond acceptors (Lipinski definition) is 3. The molecule has 2 rings (SSSR count). The molecule has 96 valence electrons. The normalized spacial score (nSPS) is 10.0. The zero-order valence-corrected chi connectivity index (χ0v) is 10.9. The molecule has 0 atom stereocenters. The minimum atomic E-state index is -0.401. The fraction of sp³-hybridized carbons (Fsp3) is 0.200. The van der Waals surface area contributed by atoms with Crippen molar-refractivity contribution in [2.24, 2.45) is 0 Å². The van der Waals surface area contributed by atoms with Crippen molar-refractivity contribution in [1.82, 2.24) is 4.98 Å². The smallest absolute Gasteiger partial charge is 0.124 e. The fourth-order valence-corrected chi connectivity index (χ4v) is 1.95. The lowest BCUT2D eigenvalue weighted by atomic mass is 10.1. The molecular weight excluding hydrogens is 241 g/mol. The number of benzene rings is 1. The molecule has 0 unspecified atom stereocenters. The molecule has 2 aromatic rings. The lowest BCUT2D eigenvalue weighted by Gasteiger charge is -2.20. The molecule has 0 saturated carbocycles. The van der Waals surface area contributed by atoms with Crippen LogP contribution in [0.5, 0.6) is 0 Å². The third-order valence-electron chi connectivity index (χ3n) is 2.84. The predicted molar refractivity (Wildman–Crippen MR) is 72.2 cm³/mol. The summed E-state index contributed by atoms with van der Waals surface area (Å²) in [6.07, 6.45) is 0. The standard InChI is InChI=1S/C15H14FN3/c1-11-4-3-5-14(18-11)10-19(2)15-7-6-13(16)8-12(15)9-17/h3-8H,10H2,1-2H3. The molecule has 1 aromatic carbocycles. The molecule has 0 amide bonds. The number of nitrogens with zero attached hydrogens (tertiary/aromatic N) is 3. The Morgan fingerprint density at radius 3 is 2.79 bits per heavy atom. The third-order valence-corrected chi connectivity index (χ3v) is 2.84. The number of hydrogen-bond donors (Lipinski definition) is 0. The Balaban J connectivity index is 2.25. The Morgan fingerprint density at radius 1 is 1.32 bits per heavy atom. The van der Waals surface area contributed by atoms with Crippen molar-refractivity contribution in [2.75, 3.05) is 11.9 Å². The molecule has 0 saturated heterocycles. The van der Waals surface area contributed by atoms with E-state index in [1.165, 1.54) is 12.1 Å². The maximum absolute atomic E-state index is 13.1. The Labute approximate surface area is 111 Å². The highest BCUT2D eigenvalue weighted by Gasteiger charge is 2.09. The van der Waals surface area contributed by atoms with Gasteiger partial charge in [0.25, 0.3) is 0 Å². The van der Waals surface area contributed by atoms with Crippen LogP contribution in [0.3, 0.4) is 0 Å². The summed E-state index contributed by atoms with van der Waals surface area (Å²) < 4.78 is 13.1. The van der Waals surface area contributed by atoms with Gasteiger partial charge in [0.2, 0.25) is 0 Å². The maximum atomic E-state index is 13.1. The molecule has 0 spiro atoms. The minimum Gasteiger partial charge on any atom is -0.368 e. The second-order valence-corrected chi connectivity index (χ2v) is 4.40. The number of anilines is 1. The minimum absolute atomic E-state index is 0.329. The predicted octanol–water partition coefficient (Wildman–Crippen LogP) is 3.04. The van der Waals surface area contributed by atoms with E-state index in [4.69, 9.17) is 5.26 Å². The van der Waals surface area contributed by atoms with Crippen LogP contribution in [0.2, 0.25) is 0 Å². The number of pyridine rings is 1. The summed E-state index contributed by atoms with van der Waals surface area (Å²) in [6, 6.07) is 12.0. The summed E-state index contributed by atoms with van der Waals surface area (Å²) in [5.74, 6) is -0.401. The fourth-order valence-electron chi connectivity index (χ4n) is 1.95. The lowest BCUT2D eigenvalue weighted by Crippen LogP contribution is -2.18. The molecule has 0 aliphatic carbocycles. The number of halogens is 1. The van der Waals surface area contributed by atoms with Crippen LogP contribution in [0, 0.1) is 24.1 Å². The second-order valence-electron chi connectivity index (χ2n) is 4.40. The number of nitriles is 1. The molecule has 0 N–H and O–H groups in total. The first kappa shape index (κ1) is 13.0. The number of aromatic nitrogens is 1. The summed E-state index contributed by atoms with van der Waals surface area (Å²) >= 11 is 0. The Morgan fingerprint density at radius 2 is 2.11 bits per heavy atom. The van der Waals surface area contributed by atoms with Gasteiger partial charge in [0.05, 0.1) is 23.5 Å². The van der Waals surface area contributed by atoms with Gasteiger partial charge < -0.3 is 4.90 Å². The average molecular weight is 255 g/mol. The Bertz CT molecular complexity index is 632. The van der Waals surface area contributed by atoms with E-state index in [-0.39, 0.29) is 0 Å². The highest BCUT2D eigenvalue weighted by Crippen LogP contribution is 2.21. The first-order valence-electron chi connectivity index (χ1n) is 5.93. The van der Waals surface area contributed by atoms with E-state index in [9.17, 15) is 4.39 Å². The first-order chi connectivity index (χ1) is 9.10. The second kappa shape index (κ2) is 5.49. The van der Waals surface area contributed by atoms with Crippen LogP contribution in [-0.4, -0.2) is 12.0 Å². The molecule has 0 fully saturated rings. The monoisotopic (exact) mass is 255 g/mol. The molecule has 4 heteroatoms. The molecule has 0 radical (unpaired) electrons. The van der Waals surface area contributed by atoms with Crippen molar-refractivity contribution in [1.29, 1.82) is 5.26 Å². The summed E-state index contributed by atoms with van der Waals surface area (Å²) in [4.78, 5) is 6.30. The first-order valence-corrected chi connectivity index (χ1v) is 5.93. The van der Waals surface area contributed by atoms with E-state index in [1.54, 1.807) is 6.07 Å². The lowest BCUT2D eigenvalue weighted by molar-refractivity contribution is 0.627. The van der Waals surface area contributed by atoms with Crippen molar-refractivity contribution in [3.8, 4) is 6.07 Å².